The summed E-state index contributed by atoms with van der Waals surface area (Å²) >= 11 is 0.899. The van der Waals surface area contributed by atoms with Gasteiger partial charge in [-0.2, -0.15) is 4.68 Å². The van der Waals surface area contributed by atoms with Crippen molar-refractivity contribution < 1.29 is 105 Å². The van der Waals surface area contributed by atoms with Crippen molar-refractivity contribution in [2.24, 2.45) is 0 Å². The lowest BCUT2D eigenvalue weighted by molar-refractivity contribution is -0.167. The summed E-state index contributed by atoms with van der Waals surface area (Å²) in [7, 11) is 0. The molecule has 96 heavy (non-hydrogen) atoms. The van der Waals surface area contributed by atoms with Gasteiger partial charge in [-0.3, -0.25) is 107 Å². The maximum Gasteiger partial charge on any atom is 0.337 e. The van der Waals surface area contributed by atoms with E-state index in [1.165, 1.54) is 24.3 Å². The van der Waals surface area contributed by atoms with Crippen LogP contribution in [0.2, 0.25) is 0 Å². The first-order chi connectivity index (χ1) is 45.9. The number of carboxylic acids is 2. The van der Waals surface area contributed by atoms with E-state index in [2.05, 4.69) is 20.7 Å². The van der Waals surface area contributed by atoms with E-state index in [4.69, 9.17) is 18.9 Å². The van der Waals surface area contributed by atoms with E-state index < -0.39 is 113 Å². The third-order valence-electron chi connectivity index (χ3n) is 16.1. The number of piperidine rings is 3. The molecule has 0 saturated carbocycles. The second-order valence-corrected chi connectivity index (χ2v) is 22.8. The molecule has 14 rings (SSSR count). The van der Waals surface area contributed by atoms with Crippen LogP contribution in [-0.2, 0) is 59.2 Å². The molecule has 0 bridgehead atoms. The van der Waals surface area contributed by atoms with Crippen molar-refractivity contribution in [2.45, 2.75) is 101 Å². The highest BCUT2D eigenvalue weighted by molar-refractivity contribution is 7.10. The van der Waals surface area contributed by atoms with Crippen molar-refractivity contribution in [1.29, 1.82) is 0 Å². The zero-order chi connectivity index (χ0) is 68.8. The highest BCUT2D eigenvalue weighted by atomic mass is 32.1. The van der Waals surface area contributed by atoms with Crippen LogP contribution in [0.25, 0.3) is 10.1 Å². The van der Waals surface area contributed by atoms with Gasteiger partial charge in [-0.1, -0.05) is 66.7 Å². The topological polar surface area (TPSA) is 437 Å². The smallest absolute Gasteiger partial charge is 0.337 e. The number of ether oxygens (including phenoxy) is 1. The van der Waals surface area contributed by atoms with Crippen molar-refractivity contribution in [1.82, 2.24) is 40.3 Å². The molecule has 0 radical (unpaired) electrons. The minimum Gasteiger partial charge on any atom is -0.481 e. The van der Waals surface area contributed by atoms with Crippen LogP contribution in [0.15, 0.2) is 135 Å². The highest BCUT2D eigenvalue weighted by Gasteiger charge is 2.48. The monoisotopic (exact) mass is 1330 g/mol. The lowest BCUT2D eigenvalue weighted by Crippen LogP contribution is -2.54. The van der Waals surface area contributed by atoms with Crippen LogP contribution in [0.1, 0.15) is 148 Å². The number of hydrogen-bond acceptors (Lipinski definition) is 22. The quantitative estimate of drug-likeness (QED) is 0.0601. The molecule has 492 valence electrons. The molecule has 5 aromatic carbocycles. The Morgan fingerprint density at radius 1 is 0.479 bits per heavy atom. The van der Waals surface area contributed by atoms with Gasteiger partial charge in [-0.25, -0.2) is 13.6 Å². The molecule has 5 N–H and O–H groups in total. The molecular formula is C64H52N8O23S. The fourth-order valence-corrected chi connectivity index (χ4v) is 12.0. The van der Waals surface area contributed by atoms with E-state index in [-0.39, 0.29) is 103 Å². The number of nitrogens with one attached hydrogen (secondary N) is 3. The predicted octanol–water partition coefficient (Wildman–Crippen LogP) is 3.00. The first-order valence-corrected chi connectivity index (χ1v) is 30.1. The number of amides is 13. The lowest BCUT2D eigenvalue weighted by atomic mass is 10.0. The Hall–Kier alpha value is -12.2. The normalized spacial score (nSPS) is 20.3. The molecule has 8 aliphatic rings. The molecule has 13 amide bonds. The predicted molar refractivity (Wildman–Crippen MR) is 322 cm³/mol. The minimum absolute atomic E-state index is 0.0177. The van der Waals surface area contributed by atoms with E-state index >= 15 is 0 Å². The zero-order valence-electron chi connectivity index (χ0n) is 49.8. The number of carboxylic acid groups (broad SMARTS) is 2. The number of hydrogen-bond donors (Lipinski definition) is 5. The molecule has 0 aliphatic carbocycles. The Morgan fingerprint density at radius 3 is 1.35 bits per heavy atom. The summed E-state index contributed by atoms with van der Waals surface area (Å²) in [6.07, 6.45) is 0.721. The molecule has 31 nitrogen and oxygen atoms in total. The molecule has 5 unspecified atom stereocenters. The van der Waals surface area contributed by atoms with Crippen LogP contribution >= 0.6 is 11.6 Å². The van der Waals surface area contributed by atoms with Gasteiger partial charge in [-0.05, 0) is 92.3 Å². The van der Waals surface area contributed by atoms with E-state index in [1.807, 2.05) is 18.2 Å². The van der Waals surface area contributed by atoms with Crippen LogP contribution in [0, 0.1) is 0 Å². The molecule has 4 fully saturated rings. The third kappa shape index (κ3) is 13.6. The van der Waals surface area contributed by atoms with Crippen molar-refractivity contribution >= 4 is 122 Å². The molecule has 5 atom stereocenters. The molecule has 9 heterocycles. The van der Waals surface area contributed by atoms with E-state index in [9.17, 15) is 86.3 Å². The van der Waals surface area contributed by atoms with Crippen LogP contribution in [0.5, 0.6) is 0 Å². The van der Waals surface area contributed by atoms with Crippen molar-refractivity contribution in [3.63, 3.8) is 0 Å². The van der Waals surface area contributed by atoms with Crippen molar-refractivity contribution in [3.05, 3.63) is 176 Å². The number of aromatic nitrogens is 1. The number of rotatable bonds is 9. The second-order valence-electron chi connectivity index (χ2n) is 22.1. The number of nitrogens with zero attached hydrogens (tertiary/aromatic N) is 5. The first kappa shape index (κ1) is 66.7. The second kappa shape index (κ2) is 28.3. The SMILES string of the molecule is O=C(O)CCC(C(=O)O)N1C(=O)c2ccccc2C1=O.O=C1CCC(N2C(=O)c3ccccc3C2=O)C(=O)N1.O=C1CCC(N2C(=O)c3ccccc3C2=O)C(=O)O1.O=C1CCC(N2Cc3ccccc3C2=O)C(=O)N1.O=C1CCC(n2oosc3ccccc3c2=O)C(=O)N1. The van der Waals surface area contributed by atoms with E-state index in [0.29, 0.717) is 44.6 Å². The van der Waals surface area contributed by atoms with E-state index in [1.54, 1.807) is 83.8 Å². The van der Waals surface area contributed by atoms with Gasteiger partial charge in [0.1, 0.15) is 24.2 Å². The fourth-order valence-electron chi connectivity index (χ4n) is 11.4. The van der Waals surface area contributed by atoms with Gasteiger partial charge in [0, 0.05) is 44.2 Å². The fraction of sp³-hybridized carbons (Fsp3) is 0.250. The molecule has 4 saturated heterocycles. The summed E-state index contributed by atoms with van der Waals surface area (Å²) in [5, 5.41) is 24.7. The summed E-state index contributed by atoms with van der Waals surface area (Å²) in [4.78, 5) is 214. The highest BCUT2D eigenvalue weighted by Crippen LogP contribution is 2.32. The summed E-state index contributed by atoms with van der Waals surface area (Å²) < 4.78 is 15.8. The standard InChI is InChI=1S/C13H10N2O4.C13H12N2O3.C13H11NO6.C13H9NO5.C12H10N2O5S/c16-10-6-5-9(11(17)14-10)15-12(18)7-3-1-2-4-8(7)13(15)19;16-11-6-5-10(12(17)14-11)15-7-8-3-1-2-4-9(8)13(15)18;15-10(16)6-5-9(13(19)20)14-11(17)7-3-1-2-4-8(7)12(14)18;15-10-6-5-9(13(18)19-10)14-11(16)7-3-1-2-4-8(7)12(14)17;15-10-6-5-8(11(16)13-10)14-12(17)7-3-1-2-4-9(7)20-19-18-14/h1-4,9H,5-6H2,(H,14,16,17);1-4,10H,5-7H2,(H,14,16,17);1-4,9H,5-6H2,(H,15,16)(H,19,20);1-4,9H,5-6H2;1-4,8H,5-6H2,(H,13,15,16). The number of esters is 2. The van der Waals surface area contributed by atoms with Gasteiger partial charge in [0.15, 0.2) is 6.04 Å². The van der Waals surface area contributed by atoms with Gasteiger partial charge in [-0.15, -0.1) is 4.74 Å². The largest absolute Gasteiger partial charge is 0.481 e. The summed E-state index contributed by atoms with van der Waals surface area (Å²) in [6, 6.07) is 28.2. The Labute approximate surface area is 542 Å². The average Bonchev–Trinajstić information content (AvgIpc) is 1.63. The zero-order valence-corrected chi connectivity index (χ0v) is 50.6. The van der Waals surface area contributed by atoms with Gasteiger partial charge < -0.3 is 19.8 Å². The Morgan fingerprint density at radius 2 is 0.896 bits per heavy atom. The summed E-state index contributed by atoms with van der Waals surface area (Å²) in [6.45, 7) is 0.446. The first-order valence-electron chi connectivity index (χ1n) is 29.4. The maximum absolute atomic E-state index is 12.4. The van der Waals surface area contributed by atoms with Gasteiger partial charge in [0.2, 0.25) is 29.5 Å². The van der Waals surface area contributed by atoms with Crippen LogP contribution in [-0.4, -0.2) is 159 Å². The summed E-state index contributed by atoms with van der Waals surface area (Å²) in [5.74, 6) is -10.1. The minimum atomic E-state index is -1.47. The van der Waals surface area contributed by atoms with Gasteiger partial charge >= 0.3 is 23.9 Å². The number of imide groups is 6. The molecular weight excluding hydrogens is 1280 g/mol. The number of aliphatic carboxylic acids is 2. The van der Waals surface area contributed by atoms with E-state index in [0.717, 1.165) is 31.7 Å². The Kier molecular flexibility index (Phi) is 19.7. The average molecular weight is 1330 g/mol. The number of benzene rings is 5. The molecule has 0 spiro atoms. The molecule has 6 aromatic rings. The van der Waals surface area contributed by atoms with Crippen LogP contribution < -0.4 is 21.5 Å². The number of fused-ring (bicyclic) bond motifs is 5. The molecule has 1 aromatic heterocycles. The molecule has 32 heteroatoms. The number of cyclic esters (lactones) is 2. The van der Waals surface area contributed by atoms with Crippen molar-refractivity contribution in [3.8, 4) is 0 Å². The maximum atomic E-state index is 12.4. The van der Waals surface area contributed by atoms with Gasteiger partial charge in [0.25, 0.3) is 52.8 Å². The number of carbonyl (C=O) groups is 17. The van der Waals surface area contributed by atoms with Crippen LogP contribution in [0.3, 0.4) is 0 Å². The van der Waals surface area contributed by atoms with Gasteiger partial charge in [0.05, 0.1) is 55.1 Å². The van der Waals surface area contributed by atoms with Crippen molar-refractivity contribution in [2.75, 3.05) is 0 Å². The molecule has 8 aliphatic heterocycles. The summed E-state index contributed by atoms with van der Waals surface area (Å²) in [5.41, 5.74) is 2.55. The third-order valence-corrected chi connectivity index (χ3v) is 16.8. The lowest BCUT2D eigenvalue weighted by Gasteiger charge is -2.29. The van der Waals surface area contributed by atoms with Crippen LogP contribution in [0.4, 0.5) is 0 Å². The number of carbonyl (C=O) groups excluding carboxylic acids is 15. The Balaban J connectivity index is 0.000000131. The Bertz CT molecular complexity index is 4270.